The first-order valence-electron chi connectivity index (χ1n) is 4.83. The monoisotopic (exact) mass is 240 g/mol. The molecule has 0 saturated carbocycles. The van der Waals surface area contributed by atoms with Crippen LogP contribution in [0.5, 0.6) is 0 Å². The van der Waals surface area contributed by atoms with Crippen molar-refractivity contribution in [2.24, 2.45) is 0 Å². The van der Waals surface area contributed by atoms with Crippen molar-refractivity contribution in [2.75, 3.05) is 6.54 Å². The van der Waals surface area contributed by atoms with E-state index in [9.17, 15) is 0 Å². The summed E-state index contributed by atoms with van der Waals surface area (Å²) >= 11 is 3.04. The first-order chi connectivity index (χ1) is 7.42. The maximum absolute atomic E-state index is 4.24. The van der Waals surface area contributed by atoms with Crippen molar-refractivity contribution in [3.63, 3.8) is 0 Å². The molecule has 0 aliphatic heterocycles. The van der Waals surface area contributed by atoms with Gasteiger partial charge in [-0.25, -0.2) is 4.98 Å². The molecule has 0 unspecified atom stereocenters. The first-order valence-corrected chi connectivity index (χ1v) is 6.49. The molecule has 0 aromatic carbocycles. The van der Waals surface area contributed by atoms with Gasteiger partial charge in [0.1, 0.15) is 10.7 Å². The summed E-state index contributed by atoms with van der Waals surface area (Å²) in [6.07, 6.45) is 2.93. The second-order valence-corrected chi connectivity index (χ2v) is 4.79. The molecule has 0 aliphatic rings. The minimum Gasteiger partial charge on any atom is -0.312 e. The fraction of sp³-hybridized carbons (Fsp3) is 0.444. The van der Waals surface area contributed by atoms with Crippen molar-refractivity contribution in [1.82, 2.24) is 19.9 Å². The van der Waals surface area contributed by atoms with Gasteiger partial charge in [-0.3, -0.25) is 0 Å². The summed E-state index contributed by atoms with van der Waals surface area (Å²) in [5.74, 6) is 0. The number of aromatic nitrogens is 3. The Morgan fingerprint density at radius 2 is 2.40 bits per heavy atom. The van der Waals surface area contributed by atoms with Gasteiger partial charge < -0.3 is 5.32 Å². The van der Waals surface area contributed by atoms with E-state index >= 15 is 0 Å². The van der Waals surface area contributed by atoms with Crippen LogP contribution >= 0.6 is 22.9 Å². The molecule has 0 atom stereocenters. The molecule has 0 saturated heterocycles. The SMILES string of the molecule is CCCNCc1snnc1-c1nccs1. The number of nitrogens with one attached hydrogen (secondary N) is 1. The van der Waals surface area contributed by atoms with E-state index < -0.39 is 0 Å². The summed E-state index contributed by atoms with van der Waals surface area (Å²) in [7, 11) is 0. The summed E-state index contributed by atoms with van der Waals surface area (Å²) in [5, 5.41) is 10.4. The van der Waals surface area contributed by atoms with Crippen LogP contribution in [-0.2, 0) is 6.54 Å². The molecular formula is C9H12N4S2. The Morgan fingerprint density at radius 1 is 1.47 bits per heavy atom. The van der Waals surface area contributed by atoms with Crippen molar-refractivity contribution in [3.8, 4) is 10.7 Å². The maximum atomic E-state index is 4.24. The Balaban J connectivity index is 2.09. The molecule has 0 aliphatic carbocycles. The lowest BCUT2D eigenvalue weighted by molar-refractivity contribution is 0.681. The molecule has 0 spiro atoms. The van der Waals surface area contributed by atoms with Gasteiger partial charge in [-0.15, -0.1) is 16.4 Å². The van der Waals surface area contributed by atoms with Crippen molar-refractivity contribution < 1.29 is 0 Å². The molecule has 4 nitrogen and oxygen atoms in total. The number of hydrogen-bond acceptors (Lipinski definition) is 6. The summed E-state index contributed by atoms with van der Waals surface area (Å²) in [6, 6.07) is 0. The average molecular weight is 240 g/mol. The molecule has 0 bridgehead atoms. The van der Waals surface area contributed by atoms with Gasteiger partial charge in [0.25, 0.3) is 0 Å². The van der Waals surface area contributed by atoms with E-state index in [1.165, 1.54) is 16.4 Å². The Labute approximate surface area is 96.5 Å². The largest absolute Gasteiger partial charge is 0.312 e. The van der Waals surface area contributed by atoms with Crippen molar-refractivity contribution in [2.45, 2.75) is 19.9 Å². The van der Waals surface area contributed by atoms with Crippen LogP contribution in [-0.4, -0.2) is 21.1 Å². The van der Waals surface area contributed by atoms with Crippen molar-refractivity contribution in [1.29, 1.82) is 0 Å². The van der Waals surface area contributed by atoms with Crippen molar-refractivity contribution in [3.05, 3.63) is 16.5 Å². The lowest BCUT2D eigenvalue weighted by Crippen LogP contribution is -2.13. The van der Waals surface area contributed by atoms with Crippen LogP contribution in [0.3, 0.4) is 0 Å². The highest BCUT2D eigenvalue weighted by Gasteiger charge is 2.11. The van der Waals surface area contributed by atoms with E-state index in [0.29, 0.717) is 0 Å². The molecule has 0 amide bonds. The standard InChI is InChI=1S/C9H12N4S2/c1-2-3-10-6-7-8(12-13-15-7)9-11-4-5-14-9/h4-5,10H,2-3,6H2,1H3. The smallest absolute Gasteiger partial charge is 0.144 e. The molecule has 2 aromatic rings. The van der Waals surface area contributed by atoms with Gasteiger partial charge in [0, 0.05) is 18.1 Å². The third-order valence-corrected chi connectivity index (χ3v) is 3.40. The van der Waals surface area contributed by atoms with E-state index in [0.717, 1.165) is 30.2 Å². The molecule has 2 aromatic heterocycles. The van der Waals surface area contributed by atoms with E-state index in [1.54, 1.807) is 17.5 Å². The van der Waals surface area contributed by atoms with Gasteiger partial charge in [0.15, 0.2) is 0 Å². The van der Waals surface area contributed by atoms with Crippen LogP contribution in [0.15, 0.2) is 11.6 Å². The Bertz CT molecular complexity index is 396. The molecule has 0 radical (unpaired) electrons. The van der Waals surface area contributed by atoms with Gasteiger partial charge in [0.05, 0.1) is 4.88 Å². The minimum atomic E-state index is 0.834. The highest BCUT2D eigenvalue weighted by molar-refractivity contribution is 7.13. The maximum Gasteiger partial charge on any atom is 0.144 e. The zero-order valence-electron chi connectivity index (χ0n) is 8.43. The van der Waals surface area contributed by atoms with Crippen LogP contribution in [0.25, 0.3) is 10.7 Å². The number of thiazole rings is 1. The van der Waals surface area contributed by atoms with Crippen LogP contribution in [0.1, 0.15) is 18.2 Å². The second kappa shape index (κ2) is 5.29. The van der Waals surface area contributed by atoms with Gasteiger partial charge in [0.2, 0.25) is 0 Å². The van der Waals surface area contributed by atoms with E-state index in [4.69, 9.17) is 0 Å². The molecule has 15 heavy (non-hydrogen) atoms. The lowest BCUT2D eigenvalue weighted by atomic mass is 10.3. The summed E-state index contributed by atoms with van der Waals surface area (Å²) in [6.45, 7) is 4.01. The zero-order valence-corrected chi connectivity index (χ0v) is 10.1. The zero-order chi connectivity index (χ0) is 10.5. The summed E-state index contributed by atoms with van der Waals surface area (Å²) in [4.78, 5) is 5.41. The van der Waals surface area contributed by atoms with Gasteiger partial charge in [-0.05, 0) is 24.5 Å². The first kappa shape index (κ1) is 10.7. The van der Waals surface area contributed by atoms with Gasteiger partial charge >= 0.3 is 0 Å². The van der Waals surface area contributed by atoms with E-state index in [1.807, 2.05) is 5.38 Å². The minimum absolute atomic E-state index is 0.834. The van der Waals surface area contributed by atoms with Crippen LogP contribution in [0.2, 0.25) is 0 Å². The normalized spacial score (nSPS) is 10.7. The molecule has 0 fully saturated rings. The van der Waals surface area contributed by atoms with Crippen LogP contribution in [0, 0.1) is 0 Å². The van der Waals surface area contributed by atoms with Crippen LogP contribution < -0.4 is 5.32 Å². The molecular weight excluding hydrogens is 228 g/mol. The highest BCUT2D eigenvalue weighted by Crippen LogP contribution is 2.25. The van der Waals surface area contributed by atoms with E-state index in [-0.39, 0.29) is 0 Å². The third-order valence-electron chi connectivity index (χ3n) is 1.90. The molecule has 2 heterocycles. The predicted molar refractivity (Wildman–Crippen MR) is 63.0 cm³/mol. The van der Waals surface area contributed by atoms with E-state index in [2.05, 4.69) is 26.8 Å². The molecule has 80 valence electrons. The second-order valence-electron chi connectivity index (χ2n) is 3.06. The fourth-order valence-corrected chi connectivity index (χ4v) is 2.53. The Hall–Kier alpha value is -0.850. The van der Waals surface area contributed by atoms with Crippen molar-refractivity contribution >= 4 is 22.9 Å². The Kier molecular flexibility index (Phi) is 3.76. The third kappa shape index (κ3) is 2.58. The quantitative estimate of drug-likeness (QED) is 0.814. The predicted octanol–water partition coefficient (Wildman–Crippen LogP) is 2.16. The lowest BCUT2D eigenvalue weighted by Gasteiger charge is -2.00. The number of nitrogens with zero attached hydrogens (tertiary/aromatic N) is 3. The Morgan fingerprint density at radius 3 is 3.13 bits per heavy atom. The molecule has 1 N–H and O–H groups in total. The van der Waals surface area contributed by atoms with Gasteiger partial charge in [-0.2, -0.15) is 0 Å². The average Bonchev–Trinajstić information content (AvgIpc) is 2.87. The highest BCUT2D eigenvalue weighted by atomic mass is 32.1. The summed E-state index contributed by atoms with van der Waals surface area (Å²) < 4.78 is 3.98. The molecule has 6 heteroatoms. The fourth-order valence-electron chi connectivity index (χ4n) is 1.21. The number of rotatable bonds is 5. The van der Waals surface area contributed by atoms with Gasteiger partial charge in [-0.1, -0.05) is 11.4 Å². The molecule has 2 rings (SSSR count). The van der Waals surface area contributed by atoms with Crippen LogP contribution in [0.4, 0.5) is 0 Å². The summed E-state index contributed by atoms with van der Waals surface area (Å²) in [5.41, 5.74) is 0.929. The topological polar surface area (TPSA) is 50.7 Å². The number of hydrogen-bond donors (Lipinski definition) is 1.